The highest BCUT2D eigenvalue weighted by atomic mass is 127. The molecule has 1 aliphatic heterocycles. The maximum Gasteiger partial charge on any atom is 0.194 e. The first-order chi connectivity index (χ1) is 11.7. The van der Waals surface area contributed by atoms with Crippen LogP contribution >= 0.6 is 24.0 Å². The van der Waals surface area contributed by atoms with Crippen LogP contribution in [0.5, 0.6) is 0 Å². The fourth-order valence-corrected chi connectivity index (χ4v) is 2.91. The molecule has 0 bridgehead atoms. The normalized spacial score (nSPS) is 15.1. The van der Waals surface area contributed by atoms with Crippen molar-refractivity contribution in [3.05, 3.63) is 42.0 Å². The molecule has 2 heterocycles. The Labute approximate surface area is 166 Å². The number of benzene rings is 1. The second-order valence-corrected chi connectivity index (χ2v) is 5.93. The molecule has 0 atom stereocenters. The van der Waals surface area contributed by atoms with Crippen LogP contribution in [0.1, 0.15) is 11.6 Å². The number of aliphatic imine (C=N–C) groups is 1. The molecule has 0 saturated carbocycles. The summed E-state index contributed by atoms with van der Waals surface area (Å²) in [4.78, 5) is 9.12. The fraction of sp³-hybridized carbons (Fsp3) is 0.471. The van der Waals surface area contributed by atoms with E-state index in [1.807, 2.05) is 25.6 Å². The summed E-state index contributed by atoms with van der Waals surface area (Å²) in [5.41, 5.74) is 1.29. The van der Waals surface area contributed by atoms with E-state index < -0.39 is 0 Å². The molecule has 0 amide bonds. The number of hydrogen-bond acceptors (Lipinski definition) is 4. The predicted octanol–water partition coefficient (Wildman–Crippen LogP) is 1.64. The molecule has 25 heavy (non-hydrogen) atoms. The third-order valence-corrected chi connectivity index (χ3v) is 4.50. The minimum atomic E-state index is 0. The number of guanidine groups is 1. The van der Waals surface area contributed by atoms with Gasteiger partial charge >= 0.3 is 0 Å². The van der Waals surface area contributed by atoms with Gasteiger partial charge in [-0.25, -0.2) is 0 Å². The quantitative estimate of drug-likeness (QED) is 0.433. The van der Waals surface area contributed by atoms with E-state index in [4.69, 9.17) is 0 Å². The van der Waals surface area contributed by atoms with Gasteiger partial charge in [0.2, 0.25) is 0 Å². The van der Waals surface area contributed by atoms with Crippen LogP contribution in [0.15, 0.2) is 35.3 Å². The van der Waals surface area contributed by atoms with Gasteiger partial charge in [0.15, 0.2) is 11.8 Å². The number of halogens is 1. The molecule has 0 spiro atoms. The Morgan fingerprint density at radius 1 is 1.12 bits per heavy atom. The van der Waals surface area contributed by atoms with Crippen molar-refractivity contribution < 1.29 is 0 Å². The summed E-state index contributed by atoms with van der Waals surface area (Å²) in [5.74, 6) is 2.75. The van der Waals surface area contributed by atoms with Gasteiger partial charge in [-0.15, -0.1) is 34.2 Å². The maximum absolute atomic E-state index is 4.42. The molecule has 0 aliphatic carbocycles. The lowest BCUT2D eigenvalue weighted by atomic mass is 10.2. The van der Waals surface area contributed by atoms with E-state index in [9.17, 15) is 0 Å². The van der Waals surface area contributed by atoms with Gasteiger partial charge in [-0.3, -0.25) is 4.99 Å². The van der Waals surface area contributed by atoms with Crippen molar-refractivity contribution in [2.45, 2.75) is 13.5 Å². The smallest absolute Gasteiger partial charge is 0.194 e. The predicted molar refractivity (Wildman–Crippen MR) is 112 cm³/mol. The lowest BCUT2D eigenvalue weighted by Gasteiger charge is -2.37. The monoisotopic (exact) mass is 455 g/mol. The van der Waals surface area contributed by atoms with Crippen LogP contribution in [0, 0.1) is 6.92 Å². The standard InChI is InChI=1S/C17H25N7.HI/c1-14-20-21-16(22(14)3)13-19-17(18-2)24-11-9-23(10-12-24)15-7-5-4-6-8-15;/h4-8H,9-13H2,1-3H3,(H,18,19);1H. The molecule has 1 saturated heterocycles. The highest BCUT2D eigenvalue weighted by Gasteiger charge is 2.20. The van der Waals surface area contributed by atoms with E-state index in [0.717, 1.165) is 43.8 Å². The summed E-state index contributed by atoms with van der Waals surface area (Å²) in [5, 5.41) is 11.7. The van der Waals surface area contributed by atoms with Gasteiger partial charge in [-0.1, -0.05) is 18.2 Å². The molecular formula is C17H26IN7. The summed E-state index contributed by atoms with van der Waals surface area (Å²) in [6, 6.07) is 10.6. The molecule has 8 heteroatoms. The highest BCUT2D eigenvalue weighted by molar-refractivity contribution is 14.0. The first-order valence-electron chi connectivity index (χ1n) is 8.29. The molecule has 1 N–H and O–H groups in total. The molecule has 1 aromatic carbocycles. The minimum Gasteiger partial charge on any atom is -0.368 e. The second-order valence-electron chi connectivity index (χ2n) is 5.93. The third kappa shape index (κ3) is 4.62. The van der Waals surface area contributed by atoms with Crippen LogP contribution in [0.25, 0.3) is 0 Å². The number of piperazine rings is 1. The molecule has 136 valence electrons. The first-order valence-corrected chi connectivity index (χ1v) is 8.29. The third-order valence-electron chi connectivity index (χ3n) is 4.50. The van der Waals surface area contributed by atoms with E-state index in [-0.39, 0.29) is 24.0 Å². The Kier molecular flexibility index (Phi) is 7.03. The average Bonchev–Trinajstić information content (AvgIpc) is 2.96. The minimum absolute atomic E-state index is 0. The summed E-state index contributed by atoms with van der Waals surface area (Å²) < 4.78 is 1.99. The Hall–Kier alpha value is -1.84. The average molecular weight is 455 g/mol. The molecular weight excluding hydrogens is 429 g/mol. The van der Waals surface area contributed by atoms with Crippen molar-refractivity contribution in [2.24, 2.45) is 12.0 Å². The maximum atomic E-state index is 4.42. The van der Waals surface area contributed by atoms with Crippen molar-refractivity contribution in [3.63, 3.8) is 0 Å². The van der Waals surface area contributed by atoms with Gasteiger partial charge in [0.05, 0.1) is 6.54 Å². The molecule has 7 nitrogen and oxygen atoms in total. The van der Waals surface area contributed by atoms with Crippen molar-refractivity contribution in [3.8, 4) is 0 Å². The zero-order valence-electron chi connectivity index (χ0n) is 15.0. The Bertz CT molecular complexity index is 690. The van der Waals surface area contributed by atoms with E-state index in [0.29, 0.717) is 6.54 Å². The molecule has 2 aromatic rings. The Balaban J connectivity index is 0.00000225. The summed E-state index contributed by atoms with van der Waals surface area (Å²) in [6.07, 6.45) is 0. The van der Waals surface area contributed by atoms with Crippen molar-refractivity contribution in [1.82, 2.24) is 25.0 Å². The number of aromatic nitrogens is 3. The molecule has 1 fully saturated rings. The van der Waals surface area contributed by atoms with Gasteiger partial charge in [-0.2, -0.15) is 0 Å². The number of hydrogen-bond donors (Lipinski definition) is 1. The van der Waals surface area contributed by atoms with Gasteiger partial charge in [0, 0.05) is 46.0 Å². The number of aryl methyl sites for hydroxylation is 1. The van der Waals surface area contributed by atoms with Crippen molar-refractivity contribution >= 4 is 35.6 Å². The van der Waals surface area contributed by atoms with Crippen LogP contribution in [0.4, 0.5) is 5.69 Å². The fourth-order valence-electron chi connectivity index (χ4n) is 2.91. The van der Waals surface area contributed by atoms with Crippen LogP contribution in [0.2, 0.25) is 0 Å². The number of rotatable bonds is 3. The van der Waals surface area contributed by atoms with E-state index in [1.54, 1.807) is 0 Å². The highest BCUT2D eigenvalue weighted by Crippen LogP contribution is 2.15. The van der Waals surface area contributed by atoms with Crippen LogP contribution in [-0.2, 0) is 13.6 Å². The largest absolute Gasteiger partial charge is 0.368 e. The zero-order valence-corrected chi connectivity index (χ0v) is 17.3. The number of para-hydroxylation sites is 1. The van der Waals surface area contributed by atoms with E-state index in [2.05, 4.69) is 60.6 Å². The first kappa shape index (κ1) is 19.5. The van der Waals surface area contributed by atoms with Gasteiger partial charge < -0.3 is 19.7 Å². The van der Waals surface area contributed by atoms with Gasteiger partial charge in [0.25, 0.3) is 0 Å². The van der Waals surface area contributed by atoms with Crippen LogP contribution in [0.3, 0.4) is 0 Å². The Morgan fingerprint density at radius 2 is 1.80 bits per heavy atom. The molecule has 1 aliphatic rings. The van der Waals surface area contributed by atoms with Crippen molar-refractivity contribution in [1.29, 1.82) is 0 Å². The van der Waals surface area contributed by atoms with Crippen LogP contribution in [-0.4, -0.2) is 58.9 Å². The lowest BCUT2D eigenvalue weighted by Crippen LogP contribution is -2.52. The summed E-state index contributed by atoms with van der Waals surface area (Å²) >= 11 is 0. The topological polar surface area (TPSA) is 61.6 Å². The number of anilines is 1. The van der Waals surface area contributed by atoms with Gasteiger partial charge in [-0.05, 0) is 19.1 Å². The Morgan fingerprint density at radius 3 is 2.36 bits per heavy atom. The molecule has 3 rings (SSSR count). The SMILES string of the molecule is CN=C(NCc1nnc(C)n1C)N1CCN(c2ccccc2)CC1.I. The molecule has 0 unspecified atom stereocenters. The van der Waals surface area contributed by atoms with E-state index >= 15 is 0 Å². The van der Waals surface area contributed by atoms with Crippen LogP contribution < -0.4 is 10.2 Å². The number of nitrogens with one attached hydrogen (secondary N) is 1. The van der Waals surface area contributed by atoms with E-state index in [1.165, 1.54) is 5.69 Å². The summed E-state index contributed by atoms with van der Waals surface area (Å²) in [7, 11) is 3.81. The summed E-state index contributed by atoms with van der Waals surface area (Å²) in [6.45, 7) is 6.47. The van der Waals surface area contributed by atoms with Gasteiger partial charge in [0.1, 0.15) is 5.82 Å². The zero-order chi connectivity index (χ0) is 16.9. The lowest BCUT2D eigenvalue weighted by molar-refractivity contribution is 0.372. The molecule has 0 radical (unpaired) electrons. The van der Waals surface area contributed by atoms with Crippen molar-refractivity contribution in [2.75, 3.05) is 38.1 Å². The number of nitrogens with zero attached hydrogens (tertiary/aromatic N) is 6. The molecule has 1 aromatic heterocycles. The second kappa shape index (κ2) is 9.02.